The van der Waals surface area contributed by atoms with Gasteiger partial charge in [0, 0.05) is 6.08 Å². The van der Waals surface area contributed by atoms with Crippen molar-refractivity contribution in [2.75, 3.05) is 0 Å². The van der Waals surface area contributed by atoms with Gasteiger partial charge in [-0.15, -0.1) is 0 Å². The lowest BCUT2D eigenvalue weighted by atomic mass is 10.2. The summed E-state index contributed by atoms with van der Waals surface area (Å²) in [5.41, 5.74) is 7.04. The van der Waals surface area contributed by atoms with Crippen molar-refractivity contribution >= 4 is 24.0 Å². The zero-order chi connectivity index (χ0) is 15.8. The number of benzene rings is 2. The number of carbonyl (C=O) groups is 1. The van der Waals surface area contributed by atoms with E-state index in [1.54, 1.807) is 36.4 Å². The lowest BCUT2D eigenvalue weighted by Gasteiger charge is -2.01. The van der Waals surface area contributed by atoms with Crippen LogP contribution in [-0.2, 0) is 4.79 Å². The Kier molecular flexibility index (Phi) is 5.26. The molecular weight excluding hydrogens is 276 g/mol. The second-order valence-corrected chi connectivity index (χ2v) is 4.52. The Hall–Kier alpha value is -3.14. The van der Waals surface area contributed by atoms with Crippen molar-refractivity contribution in [2.24, 2.45) is 5.73 Å². The van der Waals surface area contributed by atoms with Crippen LogP contribution in [0, 0.1) is 5.41 Å². The number of nitrogens with two attached hydrogens (primary N) is 1. The number of hydrogen-bond acceptors (Lipinski definition) is 3. The molecule has 0 atom stereocenters. The minimum absolute atomic E-state index is 0.0125. The minimum Gasteiger partial charge on any atom is -0.423 e. The molecule has 0 saturated carbocycles. The van der Waals surface area contributed by atoms with Crippen molar-refractivity contribution in [3.05, 3.63) is 77.9 Å². The van der Waals surface area contributed by atoms with E-state index in [1.165, 1.54) is 12.2 Å². The molecule has 0 bridgehead atoms. The summed E-state index contributed by atoms with van der Waals surface area (Å²) in [5.74, 6) is 0.0140. The standard InChI is InChI=1S/C18H16N2O2/c19-17(20)12-8-15-6-10-16(11-7-15)22-18(21)13-9-14-4-2-1-3-5-14/h1-13H,(H3,19,20)/b12-8+,13-9+. The molecule has 0 radical (unpaired) electrons. The molecule has 0 aliphatic heterocycles. The van der Waals surface area contributed by atoms with E-state index in [9.17, 15) is 4.79 Å². The van der Waals surface area contributed by atoms with Crippen molar-refractivity contribution in [1.29, 1.82) is 5.41 Å². The average molecular weight is 292 g/mol. The number of amidine groups is 1. The molecule has 0 saturated heterocycles. The van der Waals surface area contributed by atoms with E-state index >= 15 is 0 Å². The topological polar surface area (TPSA) is 76.2 Å². The molecule has 4 nitrogen and oxygen atoms in total. The Morgan fingerprint density at radius 1 is 0.909 bits per heavy atom. The fourth-order valence-corrected chi connectivity index (χ4v) is 1.71. The monoisotopic (exact) mass is 292 g/mol. The van der Waals surface area contributed by atoms with Crippen molar-refractivity contribution in [1.82, 2.24) is 0 Å². The predicted molar refractivity (Wildman–Crippen MR) is 88.5 cm³/mol. The van der Waals surface area contributed by atoms with Crippen molar-refractivity contribution in [3.63, 3.8) is 0 Å². The van der Waals surface area contributed by atoms with Crippen LogP contribution in [0.25, 0.3) is 12.2 Å². The largest absolute Gasteiger partial charge is 0.423 e. The van der Waals surface area contributed by atoms with Gasteiger partial charge < -0.3 is 10.5 Å². The summed E-state index contributed by atoms with van der Waals surface area (Å²) in [5, 5.41) is 7.11. The molecule has 0 aromatic heterocycles. The summed E-state index contributed by atoms with van der Waals surface area (Å²) in [6.07, 6.45) is 6.29. The van der Waals surface area contributed by atoms with Gasteiger partial charge in [0.15, 0.2) is 0 Å². The Bertz CT molecular complexity index is 702. The number of rotatable bonds is 5. The maximum absolute atomic E-state index is 11.7. The minimum atomic E-state index is -0.434. The molecule has 0 unspecified atom stereocenters. The Morgan fingerprint density at radius 2 is 1.50 bits per heavy atom. The zero-order valence-electron chi connectivity index (χ0n) is 11.9. The van der Waals surface area contributed by atoms with E-state index in [2.05, 4.69) is 0 Å². The molecule has 3 N–H and O–H groups in total. The molecule has 0 heterocycles. The zero-order valence-corrected chi connectivity index (χ0v) is 11.9. The number of hydrogen-bond donors (Lipinski definition) is 2. The summed E-state index contributed by atoms with van der Waals surface area (Å²) in [4.78, 5) is 11.7. The van der Waals surface area contributed by atoms with Gasteiger partial charge in [-0.3, -0.25) is 5.41 Å². The number of nitrogens with one attached hydrogen (secondary N) is 1. The Balaban J connectivity index is 1.94. The van der Waals surface area contributed by atoms with E-state index in [4.69, 9.17) is 15.9 Å². The van der Waals surface area contributed by atoms with Crippen LogP contribution in [-0.4, -0.2) is 11.8 Å². The highest BCUT2D eigenvalue weighted by Crippen LogP contribution is 2.14. The van der Waals surface area contributed by atoms with E-state index in [0.29, 0.717) is 5.75 Å². The summed E-state index contributed by atoms with van der Waals surface area (Å²) < 4.78 is 5.20. The second-order valence-electron chi connectivity index (χ2n) is 4.52. The maximum Gasteiger partial charge on any atom is 0.336 e. The van der Waals surface area contributed by atoms with Crippen LogP contribution in [0.5, 0.6) is 5.75 Å². The van der Waals surface area contributed by atoms with Crippen molar-refractivity contribution in [3.8, 4) is 5.75 Å². The third kappa shape index (κ3) is 5.09. The van der Waals surface area contributed by atoms with Gasteiger partial charge in [0.25, 0.3) is 0 Å². The van der Waals surface area contributed by atoms with Gasteiger partial charge in [0.1, 0.15) is 11.6 Å². The SMILES string of the molecule is N=C(N)/C=C/c1ccc(OC(=O)/C=C/c2ccccc2)cc1. The molecule has 0 aliphatic carbocycles. The molecule has 2 aromatic rings. The summed E-state index contributed by atoms with van der Waals surface area (Å²) in [6.45, 7) is 0. The average Bonchev–Trinajstić information content (AvgIpc) is 2.53. The third-order valence-electron chi connectivity index (χ3n) is 2.77. The normalized spacial score (nSPS) is 10.9. The molecule has 22 heavy (non-hydrogen) atoms. The molecule has 4 heteroatoms. The van der Waals surface area contributed by atoms with Gasteiger partial charge >= 0.3 is 5.97 Å². The molecule has 110 valence electrons. The van der Waals surface area contributed by atoms with Crippen LogP contribution in [0.3, 0.4) is 0 Å². The molecule has 0 spiro atoms. The lowest BCUT2D eigenvalue weighted by molar-refractivity contribution is -0.128. The van der Waals surface area contributed by atoms with E-state index in [1.807, 2.05) is 30.3 Å². The van der Waals surface area contributed by atoms with Gasteiger partial charge in [-0.2, -0.15) is 0 Å². The first-order valence-electron chi connectivity index (χ1n) is 6.70. The van der Waals surface area contributed by atoms with E-state index < -0.39 is 5.97 Å². The van der Waals surface area contributed by atoms with E-state index in [0.717, 1.165) is 11.1 Å². The summed E-state index contributed by atoms with van der Waals surface area (Å²) in [6, 6.07) is 16.5. The number of esters is 1. The van der Waals surface area contributed by atoms with Crippen LogP contribution in [0.4, 0.5) is 0 Å². The van der Waals surface area contributed by atoms with Crippen LogP contribution in [0.2, 0.25) is 0 Å². The van der Waals surface area contributed by atoms with Crippen LogP contribution >= 0.6 is 0 Å². The second kappa shape index (κ2) is 7.59. The first-order chi connectivity index (χ1) is 10.6. The fraction of sp³-hybridized carbons (Fsp3) is 0. The molecular formula is C18H16N2O2. The number of ether oxygens (including phenoxy) is 1. The first-order valence-corrected chi connectivity index (χ1v) is 6.70. The van der Waals surface area contributed by atoms with Gasteiger partial charge in [-0.1, -0.05) is 48.5 Å². The quantitative estimate of drug-likeness (QED) is 0.292. The highest BCUT2D eigenvalue weighted by molar-refractivity contribution is 5.92. The van der Waals surface area contributed by atoms with E-state index in [-0.39, 0.29) is 5.84 Å². The summed E-state index contributed by atoms with van der Waals surface area (Å²) in [7, 11) is 0. The van der Waals surface area contributed by atoms with Gasteiger partial charge in [0.2, 0.25) is 0 Å². The third-order valence-corrected chi connectivity index (χ3v) is 2.77. The summed E-state index contributed by atoms with van der Waals surface area (Å²) >= 11 is 0. The van der Waals surface area contributed by atoms with Crippen LogP contribution in [0.15, 0.2) is 66.7 Å². The predicted octanol–water partition coefficient (Wildman–Crippen LogP) is 3.25. The van der Waals surface area contributed by atoms with Gasteiger partial charge in [0.05, 0.1) is 0 Å². The maximum atomic E-state index is 11.7. The molecule has 2 aromatic carbocycles. The Labute approximate surface area is 129 Å². The van der Waals surface area contributed by atoms with Crippen molar-refractivity contribution in [2.45, 2.75) is 0 Å². The highest BCUT2D eigenvalue weighted by atomic mass is 16.5. The molecule has 2 rings (SSSR count). The number of carbonyl (C=O) groups excluding carboxylic acids is 1. The highest BCUT2D eigenvalue weighted by Gasteiger charge is 2.00. The smallest absolute Gasteiger partial charge is 0.336 e. The van der Waals surface area contributed by atoms with Gasteiger partial charge in [-0.05, 0) is 35.4 Å². The fourth-order valence-electron chi connectivity index (χ4n) is 1.71. The molecule has 0 fully saturated rings. The molecule has 0 amide bonds. The van der Waals surface area contributed by atoms with Crippen LogP contribution < -0.4 is 10.5 Å². The van der Waals surface area contributed by atoms with Crippen molar-refractivity contribution < 1.29 is 9.53 Å². The molecule has 0 aliphatic rings. The van der Waals surface area contributed by atoms with Crippen LogP contribution in [0.1, 0.15) is 11.1 Å². The Morgan fingerprint density at radius 3 is 2.14 bits per heavy atom. The lowest BCUT2D eigenvalue weighted by Crippen LogP contribution is -2.04. The van der Waals surface area contributed by atoms with Gasteiger partial charge in [-0.25, -0.2) is 4.79 Å². The first kappa shape index (κ1) is 15.3.